The van der Waals surface area contributed by atoms with E-state index in [2.05, 4.69) is 0 Å². The Morgan fingerprint density at radius 3 is 1.00 bits per heavy atom. The van der Waals surface area contributed by atoms with Crippen LogP contribution in [0.5, 0.6) is 11.5 Å². The number of rotatable bonds is 0. The Morgan fingerprint density at radius 2 is 0.917 bits per heavy atom. The van der Waals surface area contributed by atoms with Crippen molar-refractivity contribution in [1.29, 1.82) is 0 Å². The van der Waals surface area contributed by atoms with Crippen molar-refractivity contribution in [1.82, 2.24) is 0 Å². The van der Waals surface area contributed by atoms with Gasteiger partial charge in [0.05, 0.1) is 0 Å². The van der Waals surface area contributed by atoms with Crippen molar-refractivity contribution in [3.05, 3.63) is 30.7 Å². The maximum Gasteiger partial charge on any atom is 1.00 e. The van der Waals surface area contributed by atoms with Crippen LogP contribution in [0.4, 0.5) is 0 Å². The molecule has 0 aliphatic heterocycles. The summed E-state index contributed by atoms with van der Waals surface area (Å²) in [6, 6.07) is 0. The molecule has 0 saturated heterocycles. The summed E-state index contributed by atoms with van der Waals surface area (Å²) < 4.78 is 0. The van der Waals surface area contributed by atoms with Crippen molar-refractivity contribution in [2.24, 2.45) is 0 Å². The second-order valence-electron chi connectivity index (χ2n) is 1.65. The molecule has 0 aliphatic carbocycles. The summed E-state index contributed by atoms with van der Waals surface area (Å²) in [6.07, 6.45) is 0. The molecule has 7 heteroatoms. The van der Waals surface area contributed by atoms with Crippen molar-refractivity contribution < 1.29 is 69.3 Å². The van der Waals surface area contributed by atoms with Gasteiger partial charge in [-0.2, -0.15) is 0 Å². The Balaban J connectivity index is 0. The normalized spacial score (nSPS) is 8.33. The Labute approximate surface area is 110 Å². The van der Waals surface area contributed by atoms with E-state index in [9.17, 15) is 24.6 Å². The maximum atomic E-state index is 10.2. The van der Waals surface area contributed by atoms with Crippen LogP contribution in [0.3, 0.4) is 0 Å². The maximum absolute atomic E-state index is 10.2. The molecule has 0 radical (unpaired) electrons. The second kappa shape index (κ2) is 5.16. The quantitative estimate of drug-likeness (QED) is 0.296. The molecule has 12 heavy (non-hydrogen) atoms. The van der Waals surface area contributed by atoms with Gasteiger partial charge in [0.1, 0.15) is 0 Å². The van der Waals surface area contributed by atoms with Crippen LogP contribution in [0.2, 0.25) is 0 Å². The van der Waals surface area contributed by atoms with E-state index >= 15 is 0 Å². The molecule has 0 bridgehead atoms. The minimum Gasteiger partial charge on any atom is -0.870 e. The van der Waals surface area contributed by atoms with Crippen LogP contribution < -0.4 is 85.6 Å². The fourth-order valence-electron chi connectivity index (χ4n) is 0.516. The second-order valence-corrected chi connectivity index (χ2v) is 1.65. The third kappa shape index (κ3) is 2.18. The van der Waals surface area contributed by atoms with E-state index in [-0.39, 0.29) is 59.1 Å². The van der Waals surface area contributed by atoms with Crippen LogP contribution >= 0.6 is 0 Å². The van der Waals surface area contributed by atoms with Gasteiger partial charge >= 0.3 is 59.1 Å². The first kappa shape index (κ1) is 14.9. The van der Waals surface area contributed by atoms with Crippen LogP contribution in [0.25, 0.3) is 0 Å². The van der Waals surface area contributed by atoms with E-state index in [0.29, 0.717) is 0 Å². The minimum atomic E-state index is -1.52. The van der Waals surface area contributed by atoms with Crippen LogP contribution in [-0.4, -0.2) is 0 Å². The molecule has 0 unspecified atom stereocenters. The molecule has 0 aromatic heterocycles. The first-order chi connectivity index (χ1) is 4.55. The van der Waals surface area contributed by atoms with Crippen LogP contribution in [0.15, 0.2) is 14.4 Å². The van der Waals surface area contributed by atoms with Gasteiger partial charge in [-0.05, 0) is 0 Å². The summed E-state index contributed by atoms with van der Waals surface area (Å²) >= 11 is 0. The van der Waals surface area contributed by atoms with Crippen molar-refractivity contribution in [3.8, 4) is 11.5 Å². The predicted octanol–water partition coefficient (Wildman–Crippen LogP) is -9.20. The van der Waals surface area contributed by atoms with E-state index in [1.807, 2.05) is 0 Å². The Hall–Kier alpha value is 0.350. The zero-order valence-corrected chi connectivity index (χ0v) is 10.5. The van der Waals surface area contributed by atoms with E-state index in [1.165, 1.54) is 0 Å². The van der Waals surface area contributed by atoms with Gasteiger partial charge in [-0.1, -0.05) is 11.5 Å². The summed E-state index contributed by atoms with van der Waals surface area (Å²) in [5, 5.41) is 20.4. The fraction of sp³-hybridized carbons (Fsp3) is 0. The van der Waals surface area contributed by atoms with Crippen LogP contribution in [-0.2, 0) is 0 Å². The first-order valence-electron chi connectivity index (χ1n) is 2.27. The Bertz CT molecular complexity index is 366. The SMILES string of the molecule is O=c1c([O-])c([O-])c(=O)c1=O.[Na+].[Na+]. The smallest absolute Gasteiger partial charge is 0.870 e. The van der Waals surface area contributed by atoms with E-state index < -0.39 is 27.8 Å². The molecule has 0 amide bonds. The molecule has 1 aromatic rings. The van der Waals surface area contributed by atoms with E-state index in [4.69, 9.17) is 0 Å². The first-order valence-corrected chi connectivity index (χ1v) is 2.27. The molecule has 5 nitrogen and oxygen atoms in total. The van der Waals surface area contributed by atoms with Gasteiger partial charge in [-0.15, -0.1) is 0 Å². The van der Waals surface area contributed by atoms with Gasteiger partial charge in [0.25, 0.3) is 5.43 Å². The summed E-state index contributed by atoms with van der Waals surface area (Å²) in [5.41, 5.74) is -4.56. The Morgan fingerprint density at radius 1 is 0.667 bits per heavy atom. The summed E-state index contributed by atoms with van der Waals surface area (Å²) in [5.74, 6) is -3.04. The minimum absolute atomic E-state index is 0. The van der Waals surface area contributed by atoms with Crippen molar-refractivity contribution in [3.63, 3.8) is 0 Å². The third-order valence-corrected chi connectivity index (χ3v) is 1.03. The molecule has 0 aliphatic rings. The average Bonchev–Trinajstić information content (AvgIpc) is 2.07. The molecule has 0 spiro atoms. The molecule has 0 fully saturated rings. The van der Waals surface area contributed by atoms with Gasteiger partial charge in [0.15, 0.2) is 0 Å². The molecule has 0 saturated carbocycles. The van der Waals surface area contributed by atoms with Gasteiger partial charge in [-0.3, -0.25) is 14.4 Å². The van der Waals surface area contributed by atoms with Gasteiger partial charge in [0.2, 0.25) is 10.9 Å². The van der Waals surface area contributed by atoms with Gasteiger partial charge < -0.3 is 10.2 Å². The zero-order valence-electron chi connectivity index (χ0n) is 6.54. The summed E-state index contributed by atoms with van der Waals surface area (Å²) in [4.78, 5) is 30.6. The molecular weight excluding hydrogens is 186 g/mol. The predicted molar refractivity (Wildman–Crippen MR) is 26.5 cm³/mol. The fourth-order valence-corrected chi connectivity index (χ4v) is 0.516. The molecule has 1 rings (SSSR count). The van der Waals surface area contributed by atoms with Crippen molar-refractivity contribution in [2.45, 2.75) is 0 Å². The molecule has 1 aromatic carbocycles. The largest absolute Gasteiger partial charge is 1.00 e. The molecule has 52 valence electrons. The third-order valence-electron chi connectivity index (χ3n) is 1.03. The van der Waals surface area contributed by atoms with Crippen molar-refractivity contribution >= 4 is 0 Å². The van der Waals surface area contributed by atoms with Gasteiger partial charge in [-0.25, -0.2) is 0 Å². The van der Waals surface area contributed by atoms with E-state index in [1.54, 1.807) is 0 Å². The van der Waals surface area contributed by atoms with E-state index in [0.717, 1.165) is 0 Å². The molecule has 0 N–H and O–H groups in total. The number of hydrogen-bond donors (Lipinski definition) is 0. The average molecular weight is 186 g/mol. The Kier molecular flexibility index (Phi) is 6.39. The van der Waals surface area contributed by atoms with Gasteiger partial charge in [0, 0.05) is 0 Å². The summed E-state index contributed by atoms with van der Waals surface area (Å²) in [7, 11) is 0. The zero-order chi connectivity index (χ0) is 7.89. The summed E-state index contributed by atoms with van der Waals surface area (Å²) in [6.45, 7) is 0. The van der Waals surface area contributed by atoms with Crippen LogP contribution in [0.1, 0.15) is 0 Å². The van der Waals surface area contributed by atoms with Crippen LogP contribution in [0, 0.1) is 0 Å². The topological polar surface area (TPSA) is 97.3 Å². The number of hydrogen-bond acceptors (Lipinski definition) is 5. The van der Waals surface area contributed by atoms with Crippen molar-refractivity contribution in [2.75, 3.05) is 0 Å². The monoisotopic (exact) mass is 186 g/mol. The molecule has 0 heterocycles. The molecule has 0 atom stereocenters. The molecular formula is C5Na2O5. The standard InChI is InChI=1S/C5H2O5.2Na/c6-1-2(7)4(9)5(10)3(1)8;;/h6-7H;;/q;2*+1/p-2.